The molecule has 3 heteroatoms. The number of hydrogen-bond donors (Lipinski definition) is 2. The van der Waals surface area contributed by atoms with E-state index in [1.807, 2.05) is 6.07 Å². The molecule has 1 aromatic carbocycles. The fourth-order valence-corrected chi connectivity index (χ4v) is 3.98. The van der Waals surface area contributed by atoms with E-state index >= 15 is 0 Å². The lowest BCUT2D eigenvalue weighted by atomic mass is 9.88. The fourth-order valence-electron chi connectivity index (χ4n) is 3.98. The van der Waals surface area contributed by atoms with Gasteiger partial charge in [-0.25, -0.2) is 0 Å². The molecule has 0 spiro atoms. The predicted molar refractivity (Wildman–Crippen MR) is 86.3 cm³/mol. The minimum Gasteiger partial charge on any atom is -0.384 e. The minimum absolute atomic E-state index is 0.507. The zero-order valence-electron chi connectivity index (χ0n) is 13.5. The van der Waals surface area contributed by atoms with Crippen LogP contribution >= 0.6 is 0 Å². The molecule has 0 amide bonds. The molecule has 2 N–H and O–H groups in total. The van der Waals surface area contributed by atoms with Gasteiger partial charge in [0.15, 0.2) is 0 Å². The predicted octanol–water partition coefficient (Wildman–Crippen LogP) is 2.14. The van der Waals surface area contributed by atoms with Crippen LogP contribution in [-0.4, -0.2) is 42.2 Å². The number of aliphatic hydroxyl groups is 1. The van der Waals surface area contributed by atoms with Crippen LogP contribution < -0.4 is 5.32 Å². The topological polar surface area (TPSA) is 35.5 Å². The van der Waals surface area contributed by atoms with Gasteiger partial charge in [-0.2, -0.15) is 0 Å². The highest BCUT2D eigenvalue weighted by Gasteiger charge is 2.38. The van der Waals surface area contributed by atoms with Crippen LogP contribution in [0.25, 0.3) is 0 Å². The Kier molecular flexibility index (Phi) is 4.08. The zero-order chi connectivity index (χ0) is 15.0. The van der Waals surface area contributed by atoms with Crippen molar-refractivity contribution in [3.63, 3.8) is 0 Å². The van der Waals surface area contributed by atoms with Gasteiger partial charge in [0, 0.05) is 25.2 Å². The SMILES string of the molecule is CC1CN(C)C(C)CC1NCC1(O)CCc2ccccc21. The Morgan fingerprint density at radius 1 is 1.33 bits per heavy atom. The first-order valence-electron chi connectivity index (χ1n) is 8.24. The van der Waals surface area contributed by atoms with E-state index in [0.29, 0.717) is 24.5 Å². The third kappa shape index (κ3) is 2.87. The molecule has 1 fully saturated rings. The number of aryl methyl sites for hydroxylation is 1. The highest BCUT2D eigenvalue weighted by atomic mass is 16.3. The molecular formula is C18H28N2O. The molecule has 0 bridgehead atoms. The standard InChI is InChI=1S/C18H28N2O/c1-13-11-20(3)14(2)10-17(13)19-12-18(21)9-8-15-6-4-5-7-16(15)18/h4-7,13-14,17,19,21H,8-12H2,1-3H3. The molecule has 4 unspecified atom stereocenters. The van der Waals surface area contributed by atoms with Crippen molar-refractivity contribution in [1.82, 2.24) is 10.2 Å². The van der Waals surface area contributed by atoms with Crippen LogP contribution in [0.3, 0.4) is 0 Å². The first-order valence-corrected chi connectivity index (χ1v) is 8.24. The van der Waals surface area contributed by atoms with Gasteiger partial charge in [-0.05, 0) is 50.3 Å². The normalized spacial score (nSPS) is 36.7. The van der Waals surface area contributed by atoms with E-state index in [2.05, 4.69) is 49.3 Å². The van der Waals surface area contributed by atoms with Crippen LogP contribution in [0.2, 0.25) is 0 Å². The summed E-state index contributed by atoms with van der Waals surface area (Å²) in [5.74, 6) is 0.631. The second-order valence-corrected chi connectivity index (χ2v) is 7.18. The Morgan fingerprint density at radius 3 is 2.90 bits per heavy atom. The van der Waals surface area contributed by atoms with E-state index in [1.165, 1.54) is 5.56 Å². The van der Waals surface area contributed by atoms with Gasteiger partial charge in [0.25, 0.3) is 0 Å². The van der Waals surface area contributed by atoms with Gasteiger partial charge in [-0.3, -0.25) is 0 Å². The first kappa shape index (κ1) is 15.0. The van der Waals surface area contributed by atoms with E-state index < -0.39 is 5.60 Å². The van der Waals surface area contributed by atoms with E-state index in [4.69, 9.17) is 0 Å². The van der Waals surface area contributed by atoms with Crippen molar-refractivity contribution in [3.8, 4) is 0 Å². The third-order valence-electron chi connectivity index (χ3n) is 5.59. The lowest BCUT2D eigenvalue weighted by Gasteiger charge is -2.41. The maximum absolute atomic E-state index is 11.0. The van der Waals surface area contributed by atoms with Crippen molar-refractivity contribution in [1.29, 1.82) is 0 Å². The van der Waals surface area contributed by atoms with E-state index in [0.717, 1.165) is 31.4 Å². The van der Waals surface area contributed by atoms with E-state index in [9.17, 15) is 5.11 Å². The molecule has 1 saturated heterocycles. The number of nitrogens with one attached hydrogen (secondary N) is 1. The third-order valence-corrected chi connectivity index (χ3v) is 5.59. The summed E-state index contributed by atoms with van der Waals surface area (Å²) in [4.78, 5) is 2.43. The largest absolute Gasteiger partial charge is 0.384 e. The molecule has 2 aliphatic rings. The zero-order valence-corrected chi connectivity index (χ0v) is 13.5. The average molecular weight is 288 g/mol. The molecule has 3 nitrogen and oxygen atoms in total. The van der Waals surface area contributed by atoms with Crippen molar-refractivity contribution in [3.05, 3.63) is 35.4 Å². The number of hydrogen-bond acceptors (Lipinski definition) is 3. The number of benzene rings is 1. The highest BCUT2D eigenvalue weighted by Crippen LogP contribution is 2.36. The molecular weight excluding hydrogens is 260 g/mol. The van der Waals surface area contributed by atoms with Gasteiger partial charge in [-0.1, -0.05) is 31.2 Å². The second kappa shape index (κ2) is 5.71. The highest BCUT2D eigenvalue weighted by molar-refractivity contribution is 5.37. The maximum Gasteiger partial charge on any atom is 0.103 e. The quantitative estimate of drug-likeness (QED) is 0.894. The smallest absolute Gasteiger partial charge is 0.103 e. The van der Waals surface area contributed by atoms with Crippen molar-refractivity contribution in [2.24, 2.45) is 5.92 Å². The molecule has 1 aromatic rings. The Bertz CT molecular complexity index is 504. The van der Waals surface area contributed by atoms with Gasteiger partial charge in [0.05, 0.1) is 0 Å². The van der Waals surface area contributed by atoms with Crippen LogP contribution in [-0.2, 0) is 12.0 Å². The molecule has 116 valence electrons. The fraction of sp³-hybridized carbons (Fsp3) is 0.667. The summed E-state index contributed by atoms with van der Waals surface area (Å²) in [5.41, 5.74) is 1.76. The Hall–Kier alpha value is -0.900. The summed E-state index contributed by atoms with van der Waals surface area (Å²) in [6.07, 6.45) is 3.00. The molecule has 0 aromatic heterocycles. The van der Waals surface area contributed by atoms with Gasteiger partial charge >= 0.3 is 0 Å². The molecule has 21 heavy (non-hydrogen) atoms. The molecule has 1 heterocycles. The van der Waals surface area contributed by atoms with Crippen LogP contribution in [0.4, 0.5) is 0 Å². The molecule has 1 aliphatic heterocycles. The van der Waals surface area contributed by atoms with Crippen LogP contribution in [0.15, 0.2) is 24.3 Å². The summed E-state index contributed by atoms with van der Waals surface area (Å²) in [6, 6.07) is 9.46. The van der Waals surface area contributed by atoms with E-state index in [-0.39, 0.29) is 0 Å². The average Bonchev–Trinajstić information content (AvgIpc) is 2.80. The molecule has 0 saturated carbocycles. The Balaban J connectivity index is 1.65. The lowest BCUT2D eigenvalue weighted by Crippen LogP contribution is -2.53. The molecule has 1 aliphatic carbocycles. The first-order chi connectivity index (χ1) is 9.99. The van der Waals surface area contributed by atoms with Crippen molar-refractivity contribution in [2.45, 2.75) is 50.8 Å². The molecule has 4 atom stereocenters. The number of likely N-dealkylation sites (tertiary alicyclic amines) is 1. The van der Waals surface area contributed by atoms with Crippen molar-refractivity contribution in [2.75, 3.05) is 20.1 Å². The summed E-state index contributed by atoms with van der Waals surface area (Å²) in [7, 11) is 2.21. The number of fused-ring (bicyclic) bond motifs is 1. The number of nitrogens with zero attached hydrogens (tertiary/aromatic N) is 1. The van der Waals surface area contributed by atoms with Crippen molar-refractivity contribution < 1.29 is 5.11 Å². The van der Waals surface area contributed by atoms with Gasteiger partial charge in [0.2, 0.25) is 0 Å². The van der Waals surface area contributed by atoms with Gasteiger partial charge in [0.1, 0.15) is 5.60 Å². The summed E-state index contributed by atoms with van der Waals surface area (Å²) in [5, 5.41) is 14.7. The van der Waals surface area contributed by atoms with Crippen LogP contribution in [0, 0.1) is 5.92 Å². The monoisotopic (exact) mass is 288 g/mol. The maximum atomic E-state index is 11.0. The molecule has 3 rings (SSSR count). The minimum atomic E-state index is -0.678. The van der Waals surface area contributed by atoms with Crippen molar-refractivity contribution >= 4 is 0 Å². The summed E-state index contributed by atoms with van der Waals surface area (Å²) in [6.45, 7) is 6.41. The number of rotatable bonds is 3. The van der Waals surface area contributed by atoms with Gasteiger partial charge < -0.3 is 15.3 Å². The van der Waals surface area contributed by atoms with Crippen LogP contribution in [0.1, 0.15) is 37.8 Å². The van der Waals surface area contributed by atoms with Gasteiger partial charge in [-0.15, -0.1) is 0 Å². The summed E-state index contributed by atoms with van der Waals surface area (Å²) < 4.78 is 0. The Morgan fingerprint density at radius 2 is 2.10 bits per heavy atom. The lowest BCUT2D eigenvalue weighted by molar-refractivity contribution is 0.0265. The summed E-state index contributed by atoms with van der Waals surface area (Å²) >= 11 is 0. The Labute approximate surface area is 128 Å². The second-order valence-electron chi connectivity index (χ2n) is 7.18. The number of piperidine rings is 1. The van der Waals surface area contributed by atoms with Crippen LogP contribution in [0.5, 0.6) is 0 Å². The molecule has 0 radical (unpaired) electrons. The van der Waals surface area contributed by atoms with E-state index in [1.54, 1.807) is 0 Å².